The Labute approximate surface area is 90.1 Å². The predicted octanol–water partition coefficient (Wildman–Crippen LogP) is 1.52. The maximum atomic E-state index is 5.62. The van der Waals surface area contributed by atoms with Gasteiger partial charge in [0.1, 0.15) is 6.10 Å². The molecule has 2 rings (SSSR count). The third kappa shape index (κ3) is 2.89. The lowest BCUT2D eigenvalue weighted by Crippen LogP contribution is -2.25. The van der Waals surface area contributed by atoms with E-state index in [2.05, 4.69) is 22.4 Å². The highest BCUT2D eigenvalue weighted by Gasteiger charge is 2.19. The molecule has 1 saturated carbocycles. The molecule has 1 N–H and O–H groups in total. The lowest BCUT2D eigenvalue weighted by atomic mass is 9.96. The van der Waals surface area contributed by atoms with E-state index < -0.39 is 0 Å². The Bertz CT molecular complexity index is 295. The largest absolute Gasteiger partial charge is 0.473 e. The summed E-state index contributed by atoms with van der Waals surface area (Å²) in [5.74, 6) is 0.653. The summed E-state index contributed by atoms with van der Waals surface area (Å²) in [7, 11) is 0. The fourth-order valence-electron chi connectivity index (χ4n) is 1.42. The van der Waals surface area contributed by atoms with E-state index in [9.17, 15) is 0 Å². The number of nitrogens with one attached hydrogen (secondary N) is 1. The zero-order valence-electron chi connectivity index (χ0n) is 9.07. The summed E-state index contributed by atoms with van der Waals surface area (Å²) in [6.45, 7) is 3.79. The van der Waals surface area contributed by atoms with Crippen LogP contribution in [0.15, 0.2) is 12.1 Å². The zero-order valence-corrected chi connectivity index (χ0v) is 9.07. The molecule has 4 nitrogen and oxygen atoms in total. The maximum absolute atomic E-state index is 5.62. The molecule has 15 heavy (non-hydrogen) atoms. The van der Waals surface area contributed by atoms with Crippen molar-refractivity contribution < 1.29 is 4.74 Å². The minimum atomic E-state index is 0.374. The fourth-order valence-corrected chi connectivity index (χ4v) is 1.42. The van der Waals surface area contributed by atoms with Crippen LogP contribution in [-0.4, -0.2) is 22.8 Å². The second-order valence-electron chi connectivity index (χ2n) is 3.81. The highest BCUT2D eigenvalue weighted by atomic mass is 16.5. The van der Waals surface area contributed by atoms with E-state index in [0.717, 1.165) is 31.6 Å². The van der Waals surface area contributed by atoms with Gasteiger partial charge in [-0.15, -0.1) is 5.10 Å². The average molecular weight is 207 g/mol. The van der Waals surface area contributed by atoms with Gasteiger partial charge in [0.25, 0.3) is 0 Å². The molecule has 1 aromatic rings. The van der Waals surface area contributed by atoms with Gasteiger partial charge in [0, 0.05) is 12.6 Å². The van der Waals surface area contributed by atoms with E-state index in [-0.39, 0.29) is 0 Å². The van der Waals surface area contributed by atoms with Crippen molar-refractivity contribution in [2.75, 3.05) is 6.54 Å². The Morgan fingerprint density at radius 1 is 1.40 bits per heavy atom. The second kappa shape index (κ2) is 5.07. The molecule has 0 amide bonds. The van der Waals surface area contributed by atoms with Gasteiger partial charge in [-0.25, -0.2) is 0 Å². The van der Waals surface area contributed by atoms with Gasteiger partial charge in [-0.1, -0.05) is 6.92 Å². The molecule has 82 valence electrons. The summed E-state index contributed by atoms with van der Waals surface area (Å²) >= 11 is 0. The first-order valence-electron chi connectivity index (χ1n) is 5.58. The lowest BCUT2D eigenvalue weighted by Gasteiger charge is -2.25. The molecule has 1 aliphatic carbocycles. The number of aromatic nitrogens is 2. The van der Waals surface area contributed by atoms with Crippen LogP contribution in [0.2, 0.25) is 0 Å². The van der Waals surface area contributed by atoms with Crippen LogP contribution < -0.4 is 10.1 Å². The van der Waals surface area contributed by atoms with Gasteiger partial charge in [-0.3, -0.25) is 0 Å². The van der Waals surface area contributed by atoms with Crippen molar-refractivity contribution in [2.24, 2.45) is 0 Å². The van der Waals surface area contributed by atoms with Gasteiger partial charge in [0.15, 0.2) is 0 Å². The first-order valence-corrected chi connectivity index (χ1v) is 5.58. The van der Waals surface area contributed by atoms with E-state index in [1.165, 1.54) is 6.42 Å². The summed E-state index contributed by atoms with van der Waals surface area (Å²) in [6.07, 6.45) is 3.96. The monoisotopic (exact) mass is 207 g/mol. The van der Waals surface area contributed by atoms with E-state index in [1.54, 1.807) is 0 Å². The van der Waals surface area contributed by atoms with Crippen LogP contribution in [0.3, 0.4) is 0 Å². The second-order valence-corrected chi connectivity index (χ2v) is 3.81. The Balaban J connectivity index is 1.85. The summed E-state index contributed by atoms with van der Waals surface area (Å²) in [5.41, 5.74) is 0.956. The van der Waals surface area contributed by atoms with E-state index in [0.29, 0.717) is 12.0 Å². The minimum absolute atomic E-state index is 0.374. The Hall–Kier alpha value is -1.16. The van der Waals surface area contributed by atoms with Crippen LogP contribution in [0, 0.1) is 0 Å². The molecule has 0 atom stereocenters. The molecule has 1 fully saturated rings. The maximum Gasteiger partial charge on any atom is 0.233 e. The number of hydrogen-bond acceptors (Lipinski definition) is 4. The molecular weight excluding hydrogens is 190 g/mol. The van der Waals surface area contributed by atoms with Crippen LogP contribution in [0.1, 0.15) is 31.9 Å². The van der Waals surface area contributed by atoms with Gasteiger partial charge in [0.05, 0.1) is 5.69 Å². The molecule has 0 aliphatic heterocycles. The van der Waals surface area contributed by atoms with E-state index in [4.69, 9.17) is 4.74 Å². The van der Waals surface area contributed by atoms with Gasteiger partial charge in [0.2, 0.25) is 5.88 Å². The molecule has 0 radical (unpaired) electrons. The van der Waals surface area contributed by atoms with Gasteiger partial charge in [-0.2, -0.15) is 5.10 Å². The minimum Gasteiger partial charge on any atom is -0.473 e. The van der Waals surface area contributed by atoms with Crippen molar-refractivity contribution in [1.29, 1.82) is 0 Å². The van der Waals surface area contributed by atoms with Crippen molar-refractivity contribution in [2.45, 2.75) is 38.8 Å². The van der Waals surface area contributed by atoms with Crippen LogP contribution >= 0.6 is 0 Å². The SMILES string of the molecule is CCNCc1ccc(OC2CCC2)nn1. The van der Waals surface area contributed by atoms with Gasteiger partial charge < -0.3 is 10.1 Å². The molecule has 4 heteroatoms. The van der Waals surface area contributed by atoms with Crippen molar-refractivity contribution in [3.05, 3.63) is 17.8 Å². The van der Waals surface area contributed by atoms with E-state index in [1.807, 2.05) is 12.1 Å². The molecule has 0 aromatic carbocycles. The standard InChI is InChI=1S/C11H17N3O/c1-2-12-8-9-6-7-11(14-13-9)15-10-4-3-5-10/h6-7,10,12H,2-5,8H2,1H3. The molecule has 0 saturated heterocycles. The highest BCUT2D eigenvalue weighted by molar-refractivity contribution is 5.12. The molecule has 0 bridgehead atoms. The molecule has 0 unspecified atom stereocenters. The first-order chi connectivity index (χ1) is 7.38. The number of nitrogens with zero attached hydrogens (tertiary/aromatic N) is 2. The normalized spacial score (nSPS) is 16.1. The summed E-state index contributed by atoms with van der Waals surface area (Å²) in [4.78, 5) is 0. The van der Waals surface area contributed by atoms with Crippen LogP contribution in [0.25, 0.3) is 0 Å². The molecular formula is C11H17N3O. The smallest absolute Gasteiger partial charge is 0.233 e. The van der Waals surface area contributed by atoms with E-state index >= 15 is 0 Å². The van der Waals surface area contributed by atoms with Crippen molar-refractivity contribution in [3.8, 4) is 5.88 Å². The summed E-state index contributed by atoms with van der Waals surface area (Å²) < 4.78 is 5.62. The van der Waals surface area contributed by atoms with Crippen molar-refractivity contribution in [3.63, 3.8) is 0 Å². The van der Waals surface area contributed by atoms with Crippen molar-refractivity contribution >= 4 is 0 Å². The highest BCUT2D eigenvalue weighted by Crippen LogP contribution is 2.23. The molecule has 1 heterocycles. The van der Waals surface area contributed by atoms with Crippen LogP contribution in [0.5, 0.6) is 5.88 Å². The molecule has 0 spiro atoms. The fraction of sp³-hybridized carbons (Fsp3) is 0.636. The number of hydrogen-bond donors (Lipinski definition) is 1. The van der Waals surface area contributed by atoms with Crippen LogP contribution in [-0.2, 0) is 6.54 Å². The summed E-state index contributed by atoms with van der Waals surface area (Å²) in [6, 6.07) is 3.86. The van der Waals surface area contributed by atoms with Crippen LogP contribution in [0.4, 0.5) is 0 Å². The Morgan fingerprint density at radius 3 is 2.80 bits per heavy atom. The van der Waals surface area contributed by atoms with Gasteiger partial charge in [-0.05, 0) is 31.9 Å². The predicted molar refractivity (Wildman–Crippen MR) is 57.7 cm³/mol. The zero-order chi connectivity index (χ0) is 10.5. The molecule has 1 aromatic heterocycles. The lowest BCUT2D eigenvalue weighted by molar-refractivity contribution is 0.113. The first kappa shape index (κ1) is 10.4. The third-order valence-corrected chi connectivity index (χ3v) is 2.59. The third-order valence-electron chi connectivity index (χ3n) is 2.59. The quantitative estimate of drug-likeness (QED) is 0.795. The van der Waals surface area contributed by atoms with Crippen molar-refractivity contribution in [1.82, 2.24) is 15.5 Å². The van der Waals surface area contributed by atoms with Gasteiger partial charge >= 0.3 is 0 Å². The number of ether oxygens (including phenoxy) is 1. The average Bonchev–Trinajstić information content (AvgIpc) is 2.22. The Morgan fingerprint density at radius 2 is 2.27 bits per heavy atom. The topological polar surface area (TPSA) is 47.0 Å². The molecule has 1 aliphatic rings. The number of rotatable bonds is 5. The summed E-state index contributed by atoms with van der Waals surface area (Å²) in [5, 5.41) is 11.3. The Kier molecular flexibility index (Phi) is 3.50.